The van der Waals surface area contributed by atoms with Crippen LogP contribution in [0.5, 0.6) is 0 Å². The van der Waals surface area contributed by atoms with Gasteiger partial charge in [0.25, 0.3) is 0 Å². The normalized spacial score (nSPS) is 16.0. The Balaban J connectivity index is 2.20. The standard InChI is InChI=1S/C13H26N4OS/c1-3-14-13(16-8-11-19-2)15-7-5-10-17-9-4-6-12(17)18/h3-11H2,1-2H3,(H2,14,15,16). The Kier molecular flexibility index (Phi) is 8.45. The molecule has 19 heavy (non-hydrogen) atoms. The Morgan fingerprint density at radius 1 is 1.47 bits per heavy atom. The Morgan fingerprint density at radius 2 is 2.32 bits per heavy atom. The highest BCUT2D eigenvalue weighted by atomic mass is 32.2. The third kappa shape index (κ3) is 6.71. The number of rotatable bonds is 8. The summed E-state index contributed by atoms with van der Waals surface area (Å²) < 4.78 is 0. The molecule has 0 unspecified atom stereocenters. The predicted molar refractivity (Wildman–Crippen MR) is 82.8 cm³/mol. The number of nitrogens with one attached hydrogen (secondary N) is 2. The Hall–Kier alpha value is -0.910. The first kappa shape index (κ1) is 16.1. The lowest BCUT2D eigenvalue weighted by Gasteiger charge is -2.15. The summed E-state index contributed by atoms with van der Waals surface area (Å²) in [4.78, 5) is 17.9. The molecule has 0 aromatic heterocycles. The van der Waals surface area contributed by atoms with Gasteiger partial charge in [-0.3, -0.25) is 9.79 Å². The van der Waals surface area contributed by atoms with Gasteiger partial charge in [0.15, 0.2) is 5.96 Å². The van der Waals surface area contributed by atoms with Crippen molar-refractivity contribution in [2.45, 2.75) is 26.2 Å². The first-order valence-corrected chi connectivity index (χ1v) is 8.46. The Morgan fingerprint density at radius 3 is 2.95 bits per heavy atom. The molecule has 1 fully saturated rings. The van der Waals surface area contributed by atoms with Crippen LogP contribution in [-0.4, -0.2) is 61.5 Å². The fraction of sp³-hybridized carbons (Fsp3) is 0.846. The van der Waals surface area contributed by atoms with Crippen molar-refractivity contribution in [3.63, 3.8) is 0 Å². The van der Waals surface area contributed by atoms with E-state index in [0.717, 1.165) is 63.7 Å². The minimum atomic E-state index is 0.300. The zero-order chi connectivity index (χ0) is 13.9. The molecule has 0 atom stereocenters. The first-order chi connectivity index (χ1) is 9.27. The van der Waals surface area contributed by atoms with Crippen LogP contribution < -0.4 is 10.6 Å². The van der Waals surface area contributed by atoms with E-state index >= 15 is 0 Å². The molecular formula is C13H26N4OS. The van der Waals surface area contributed by atoms with Crippen LogP contribution in [-0.2, 0) is 4.79 Å². The SMILES string of the molecule is CCNC(=NCCCN1CCCC1=O)NCCSC. The van der Waals surface area contributed by atoms with Gasteiger partial charge in [-0.2, -0.15) is 11.8 Å². The Labute approximate surface area is 120 Å². The van der Waals surface area contributed by atoms with Crippen LogP contribution >= 0.6 is 11.8 Å². The van der Waals surface area contributed by atoms with Crippen molar-refractivity contribution in [2.24, 2.45) is 4.99 Å². The molecule has 1 aliphatic rings. The third-order valence-corrected chi connectivity index (χ3v) is 3.58. The largest absolute Gasteiger partial charge is 0.357 e. The van der Waals surface area contributed by atoms with E-state index in [1.165, 1.54) is 0 Å². The molecular weight excluding hydrogens is 260 g/mol. The fourth-order valence-electron chi connectivity index (χ4n) is 2.01. The van der Waals surface area contributed by atoms with E-state index in [1.54, 1.807) is 0 Å². The van der Waals surface area contributed by atoms with Gasteiger partial charge in [-0.15, -0.1) is 0 Å². The highest BCUT2D eigenvalue weighted by Gasteiger charge is 2.18. The van der Waals surface area contributed by atoms with Gasteiger partial charge in [0.05, 0.1) is 0 Å². The second-order valence-electron chi connectivity index (χ2n) is 4.52. The summed E-state index contributed by atoms with van der Waals surface area (Å²) in [6.07, 6.45) is 4.77. The molecule has 0 radical (unpaired) electrons. The van der Waals surface area contributed by atoms with Crippen LogP contribution in [0, 0.1) is 0 Å². The second-order valence-corrected chi connectivity index (χ2v) is 5.50. The Bertz CT molecular complexity index is 296. The average molecular weight is 286 g/mol. The van der Waals surface area contributed by atoms with Gasteiger partial charge in [0.2, 0.25) is 5.91 Å². The van der Waals surface area contributed by atoms with Gasteiger partial charge in [0, 0.05) is 44.9 Å². The van der Waals surface area contributed by atoms with Crippen LogP contribution in [0.4, 0.5) is 0 Å². The van der Waals surface area contributed by atoms with Crippen LogP contribution in [0.2, 0.25) is 0 Å². The molecule has 1 amide bonds. The molecule has 6 heteroatoms. The maximum atomic E-state index is 11.4. The minimum Gasteiger partial charge on any atom is -0.357 e. The van der Waals surface area contributed by atoms with Crippen LogP contribution in [0.1, 0.15) is 26.2 Å². The highest BCUT2D eigenvalue weighted by Crippen LogP contribution is 2.09. The lowest BCUT2D eigenvalue weighted by molar-refractivity contribution is -0.127. The second kappa shape index (κ2) is 9.95. The summed E-state index contributed by atoms with van der Waals surface area (Å²) in [5.41, 5.74) is 0. The van der Waals surface area contributed by atoms with E-state index < -0.39 is 0 Å². The molecule has 110 valence electrons. The van der Waals surface area contributed by atoms with Crippen molar-refractivity contribution in [3.05, 3.63) is 0 Å². The van der Waals surface area contributed by atoms with Crippen molar-refractivity contribution in [2.75, 3.05) is 44.7 Å². The summed E-state index contributed by atoms with van der Waals surface area (Å²) >= 11 is 1.82. The molecule has 1 rings (SSSR count). The van der Waals surface area contributed by atoms with Crippen molar-refractivity contribution >= 4 is 23.6 Å². The first-order valence-electron chi connectivity index (χ1n) is 7.06. The van der Waals surface area contributed by atoms with Gasteiger partial charge in [0.1, 0.15) is 0 Å². The molecule has 5 nitrogen and oxygen atoms in total. The zero-order valence-corrected chi connectivity index (χ0v) is 12.9. The number of guanidine groups is 1. The molecule has 0 spiro atoms. The number of aliphatic imine (C=N–C) groups is 1. The molecule has 0 saturated carbocycles. The summed E-state index contributed by atoms with van der Waals surface area (Å²) in [7, 11) is 0. The molecule has 2 N–H and O–H groups in total. The van der Waals surface area contributed by atoms with E-state index in [-0.39, 0.29) is 0 Å². The van der Waals surface area contributed by atoms with Gasteiger partial charge in [-0.1, -0.05) is 0 Å². The maximum absolute atomic E-state index is 11.4. The fourth-order valence-corrected chi connectivity index (χ4v) is 2.31. The van der Waals surface area contributed by atoms with Crippen LogP contribution in [0.3, 0.4) is 0 Å². The number of carbonyl (C=O) groups excluding carboxylic acids is 1. The summed E-state index contributed by atoms with van der Waals surface area (Å²) in [5, 5.41) is 6.52. The molecule has 0 aromatic rings. The van der Waals surface area contributed by atoms with Crippen molar-refractivity contribution < 1.29 is 4.79 Å². The van der Waals surface area contributed by atoms with Gasteiger partial charge < -0.3 is 15.5 Å². The topological polar surface area (TPSA) is 56.7 Å². The van der Waals surface area contributed by atoms with Crippen molar-refractivity contribution in [3.8, 4) is 0 Å². The van der Waals surface area contributed by atoms with E-state index in [4.69, 9.17) is 0 Å². The molecule has 0 aromatic carbocycles. The molecule has 1 saturated heterocycles. The summed E-state index contributed by atoms with van der Waals surface area (Å²) in [5.74, 6) is 2.26. The summed E-state index contributed by atoms with van der Waals surface area (Å²) in [6, 6.07) is 0. The number of amides is 1. The lowest BCUT2D eigenvalue weighted by Crippen LogP contribution is -2.38. The van der Waals surface area contributed by atoms with Crippen molar-refractivity contribution in [1.82, 2.24) is 15.5 Å². The summed E-state index contributed by atoms with van der Waals surface area (Å²) in [6.45, 7) is 6.39. The number of thioether (sulfide) groups is 1. The average Bonchev–Trinajstić information content (AvgIpc) is 2.80. The number of hydrogen-bond acceptors (Lipinski definition) is 3. The van der Waals surface area contributed by atoms with E-state index in [9.17, 15) is 4.79 Å². The van der Waals surface area contributed by atoms with Crippen LogP contribution in [0.15, 0.2) is 4.99 Å². The van der Waals surface area contributed by atoms with E-state index in [0.29, 0.717) is 5.91 Å². The van der Waals surface area contributed by atoms with E-state index in [1.807, 2.05) is 16.7 Å². The smallest absolute Gasteiger partial charge is 0.222 e. The number of nitrogens with zero attached hydrogens (tertiary/aromatic N) is 2. The predicted octanol–water partition coefficient (Wildman–Crippen LogP) is 0.917. The molecule has 0 aliphatic carbocycles. The highest BCUT2D eigenvalue weighted by molar-refractivity contribution is 7.98. The zero-order valence-electron chi connectivity index (χ0n) is 12.1. The number of likely N-dealkylation sites (tertiary alicyclic amines) is 1. The minimum absolute atomic E-state index is 0.300. The van der Waals surface area contributed by atoms with Crippen LogP contribution in [0.25, 0.3) is 0 Å². The molecule has 1 heterocycles. The van der Waals surface area contributed by atoms with Gasteiger partial charge >= 0.3 is 0 Å². The monoisotopic (exact) mass is 286 g/mol. The van der Waals surface area contributed by atoms with Gasteiger partial charge in [-0.25, -0.2) is 0 Å². The lowest BCUT2D eigenvalue weighted by atomic mass is 10.4. The van der Waals surface area contributed by atoms with E-state index in [2.05, 4.69) is 28.8 Å². The number of carbonyl (C=O) groups is 1. The maximum Gasteiger partial charge on any atom is 0.222 e. The molecule has 1 aliphatic heterocycles. The van der Waals surface area contributed by atoms with Crippen molar-refractivity contribution in [1.29, 1.82) is 0 Å². The van der Waals surface area contributed by atoms with Gasteiger partial charge in [-0.05, 0) is 26.0 Å². The third-order valence-electron chi connectivity index (χ3n) is 2.97. The molecule has 0 bridgehead atoms. The quantitative estimate of drug-likeness (QED) is 0.396. The number of hydrogen-bond donors (Lipinski definition) is 2.